The molecule has 0 saturated carbocycles. The zero-order valence-electron chi connectivity index (χ0n) is 13.2. The Labute approximate surface area is 142 Å². The van der Waals surface area contributed by atoms with Crippen LogP contribution in [0.1, 0.15) is 17.3 Å². The number of hydrogen-bond donors (Lipinski definition) is 4. The number of benzene rings is 2. The molecule has 0 aliphatic carbocycles. The van der Waals surface area contributed by atoms with Gasteiger partial charge >= 0.3 is 0 Å². The fraction of sp³-hybridized carbons (Fsp3) is 0.176. The molecule has 8 heteroatoms. The van der Waals surface area contributed by atoms with Gasteiger partial charge in [-0.15, -0.1) is 0 Å². The summed E-state index contributed by atoms with van der Waals surface area (Å²) >= 11 is 0. The Hall–Kier alpha value is -2.84. The Morgan fingerprint density at radius 2 is 1.60 bits per heavy atom. The average Bonchev–Trinajstić information content (AvgIpc) is 2.61. The molecule has 2 rings (SSSR count). The van der Waals surface area contributed by atoms with Gasteiger partial charge in [0.2, 0.25) is 0 Å². The lowest BCUT2D eigenvalue weighted by atomic mass is 10.0. The van der Waals surface area contributed by atoms with Crippen LogP contribution in [0.4, 0.5) is 8.78 Å². The van der Waals surface area contributed by atoms with Gasteiger partial charge in [0.05, 0.1) is 6.10 Å². The normalized spacial score (nSPS) is 13.0. The molecule has 0 aliphatic heterocycles. The lowest BCUT2D eigenvalue weighted by Gasteiger charge is -2.19. The van der Waals surface area contributed by atoms with Gasteiger partial charge in [0.25, 0.3) is 11.8 Å². The van der Waals surface area contributed by atoms with Gasteiger partial charge < -0.3 is 10.4 Å². The van der Waals surface area contributed by atoms with Crippen molar-refractivity contribution in [2.75, 3.05) is 0 Å². The van der Waals surface area contributed by atoms with Gasteiger partial charge in [-0.05, 0) is 42.3 Å². The molecule has 0 aromatic heterocycles. The third-order valence-corrected chi connectivity index (χ3v) is 3.56. The van der Waals surface area contributed by atoms with Crippen molar-refractivity contribution < 1.29 is 28.7 Å². The van der Waals surface area contributed by atoms with E-state index in [2.05, 4.69) is 5.32 Å². The van der Waals surface area contributed by atoms with Gasteiger partial charge in [0.15, 0.2) is 11.6 Å². The molecule has 0 bridgehead atoms. The van der Waals surface area contributed by atoms with E-state index in [0.29, 0.717) is 11.1 Å². The minimum Gasteiger partial charge on any atom is -0.391 e. The van der Waals surface area contributed by atoms with Crippen LogP contribution < -0.4 is 10.8 Å². The quantitative estimate of drug-likeness (QED) is 0.486. The first-order valence-corrected chi connectivity index (χ1v) is 7.32. The first-order valence-electron chi connectivity index (χ1n) is 7.32. The third-order valence-electron chi connectivity index (χ3n) is 3.56. The molecular weight excluding hydrogens is 334 g/mol. The van der Waals surface area contributed by atoms with Gasteiger partial charge in [-0.3, -0.25) is 14.8 Å². The number of nitrogens with one attached hydrogen (secondary N) is 2. The second-order valence-electron chi connectivity index (χ2n) is 5.37. The van der Waals surface area contributed by atoms with Crippen molar-refractivity contribution in [1.29, 1.82) is 0 Å². The van der Waals surface area contributed by atoms with Crippen molar-refractivity contribution in [1.82, 2.24) is 10.8 Å². The molecule has 4 N–H and O–H groups in total. The SMILES string of the molecule is C[C@@H](O)[C@H](NC(=O)c1ccc(-c2ccc(F)c(F)c2)cc1)C(=O)NO. The lowest BCUT2D eigenvalue weighted by Crippen LogP contribution is -2.51. The monoisotopic (exact) mass is 350 g/mol. The van der Waals surface area contributed by atoms with E-state index in [-0.39, 0.29) is 5.56 Å². The van der Waals surface area contributed by atoms with E-state index in [0.717, 1.165) is 12.1 Å². The fourth-order valence-electron chi connectivity index (χ4n) is 2.19. The minimum atomic E-state index is -1.33. The Morgan fingerprint density at radius 1 is 1.00 bits per heavy atom. The van der Waals surface area contributed by atoms with Gasteiger partial charge in [-0.2, -0.15) is 0 Å². The molecule has 2 amide bonds. The number of aliphatic hydroxyl groups is 1. The Balaban J connectivity index is 2.17. The smallest absolute Gasteiger partial charge is 0.268 e. The van der Waals surface area contributed by atoms with Crippen LogP contribution in [0.15, 0.2) is 42.5 Å². The number of rotatable bonds is 5. The maximum absolute atomic E-state index is 13.3. The molecule has 0 spiro atoms. The number of hydrogen-bond acceptors (Lipinski definition) is 4. The van der Waals surface area contributed by atoms with Crippen molar-refractivity contribution in [2.45, 2.75) is 19.1 Å². The maximum atomic E-state index is 13.3. The van der Waals surface area contributed by atoms with Crippen LogP contribution in [0.5, 0.6) is 0 Å². The summed E-state index contributed by atoms with van der Waals surface area (Å²) in [7, 11) is 0. The fourth-order valence-corrected chi connectivity index (χ4v) is 2.19. The van der Waals surface area contributed by atoms with Crippen molar-refractivity contribution >= 4 is 11.8 Å². The molecule has 2 aromatic carbocycles. The van der Waals surface area contributed by atoms with E-state index in [9.17, 15) is 23.5 Å². The van der Waals surface area contributed by atoms with Crippen molar-refractivity contribution in [3.8, 4) is 11.1 Å². The average molecular weight is 350 g/mol. The first-order chi connectivity index (χ1) is 11.8. The van der Waals surface area contributed by atoms with Crippen LogP contribution in [0.25, 0.3) is 11.1 Å². The summed E-state index contributed by atoms with van der Waals surface area (Å²) in [6, 6.07) is 8.05. The lowest BCUT2D eigenvalue weighted by molar-refractivity contribution is -0.133. The highest BCUT2D eigenvalue weighted by molar-refractivity contribution is 5.97. The highest BCUT2D eigenvalue weighted by Crippen LogP contribution is 2.22. The van der Waals surface area contributed by atoms with Crippen molar-refractivity contribution in [2.24, 2.45) is 0 Å². The highest BCUT2D eigenvalue weighted by Gasteiger charge is 2.25. The van der Waals surface area contributed by atoms with Crippen LogP contribution in [0.3, 0.4) is 0 Å². The van der Waals surface area contributed by atoms with E-state index in [1.165, 1.54) is 42.7 Å². The second kappa shape index (κ2) is 7.82. The molecule has 0 aliphatic rings. The van der Waals surface area contributed by atoms with Gasteiger partial charge in [-0.25, -0.2) is 14.3 Å². The molecule has 132 valence electrons. The predicted molar refractivity (Wildman–Crippen MR) is 84.7 cm³/mol. The summed E-state index contributed by atoms with van der Waals surface area (Å²) in [5.74, 6) is -3.53. The molecule has 6 nitrogen and oxygen atoms in total. The molecule has 0 heterocycles. The van der Waals surface area contributed by atoms with Gasteiger partial charge in [-0.1, -0.05) is 18.2 Å². The Morgan fingerprint density at radius 3 is 2.12 bits per heavy atom. The number of hydroxylamine groups is 1. The molecule has 0 saturated heterocycles. The predicted octanol–water partition coefficient (Wildman–Crippen LogP) is 1.62. The Bertz CT molecular complexity index is 779. The zero-order chi connectivity index (χ0) is 18.6. The molecule has 0 unspecified atom stereocenters. The molecule has 25 heavy (non-hydrogen) atoms. The molecular formula is C17H16F2N2O4. The van der Waals surface area contributed by atoms with E-state index in [1.54, 1.807) is 0 Å². The van der Waals surface area contributed by atoms with E-state index >= 15 is 0 Å². The highest BCUT2D eigenvalue weighted by atomic mass is 19.2. The van der Waals surface area contributed by atoms with Crippen LogP contribution in [0.2, 0.25) is 0 Å². The minimum absolute atomic E-state index is 0.183. The van der Waals surface area contributed by atoms with Crippen LogP contribution in [-0.2, 0) is 4.79 Å². The molecule has 2 aromatic rings. The maximum Gasteiger partial charge on any atom is 0.268 e. The zero-order valence-corrected chi connectivity index (χ0v) is 13.2. The summed E-state index contributed by atoms with van der Waals surface area (Å²) in [6.07, 6.45) is -1.22. The summed E-state index contributed by atoms with van der Waals surface area (Å²) < 4.78 is 26.2. The van der Waals surface area contributed by atoms with E-state index in [4.69, 9.17) is 5.21 Å². The number of halogens is 2. The van der Waals surface area contributed by atoms with Crippen LogP contribution in [-0.4, -0.2) is 34.3 Å². The summed E-state index contributed by atoms with van der Waals surface area (Å²) in [5, 5.41) is 20.4. The summed E-state index contributed by atoms with van der Waals surface area (Å²) in [6.45, 7) is 1.28. The third kappa shape index (κ3) is 4.37. The van der Waals surface area contributed by atoms with Crippen molar-refractivity contribution in [3.05, 3.63) is 59.7 Å². The number of carbonyl (C=O) groups excluding carboxylic acids is 2. The molecule has 0 fully saturated rings. The standard InChI is InChI=1S/C17H16F2N2O4/c1-9(22)15(17(24)21-25)20-16(23)11-4-2-10(3-5-11)12-6-7-13(18)14(19)8-12/h2-9,15,22,25H,1H3,(H,20,23)(H,21,24)/t9-,15+/m1/s1. The van der Waals surface area contributed by atoms with E-state index in [1.807, 2.05) is 0 Å². The number of carbonyl (C=O) groups is 2. The van der Waals surface area contributed by atoms with Gasteiger partial charge in [0.1, 0.15) is 6.04 Å². The molecule has 2 atom stereocenters. The Kier molecular flexibility index (Phi) is 5.79. The summed E-state index contributed by atoms with van der Waals surface area (Å²) in [4.78, 5) is 23.5. The second-order valence-corrected chi connectivity index (χ2v) is 5.37. The number of aliphatic hydroxyl groups excluding tert-OH is 1. The largest absolute Gasteiger partial charge is 0.391 e. The summed E-state index contributed by atoms with van der Waals surface area (Å²) in [5.41, 5.74) is 2.55. The van der Waals surface area contributed by atoms with E-state index < -0.39 is 35.6 Å². The van der Waals surface area contributed by atoms with Gasteiger partial charge in [0, 0.05) is 5.56 Å². The number of amides is 2. The first kappa shape index (κ1) is 18.5. The molecule has 0 radical (unpaired) electrons. The topological polar surface area (TPSA) is 98.7 Å². The van der Waals surface area contributed by atoms with Crippen LogP contribution >= 0.6 is 0 Å². The van der Waals surface area contributed by atoms with Crippen molar-refractivity contribution in [3.63, 3.8) is 0 Å². The van der Waals surface area contributed by atoms with Crippen LogP contribution in [0, 0.1) is 11.6 Å².